The second-order valence-electron chi connectivity index (χ2n) is 5.17. The molecule has 2 aromatic carbocycles. The van der Waals surface area contributed by atoms with E-state index in [1.807, 2.05) is 50.2 Å². The van der Waals surface area contributed by atoms with Crippen molar-refractivity contribution in [3.63, 3.8) is 0 Å². The molecule has 2 rings (SSSR count). The van der Waals surface area contributed by atoms with Gasteiger partial charge in [0.05, 0.1) is 0 Å². The zero-order chi connectivity index (χ0) is 15.2. The lowest BCUT2D eigenvalue weighted by atomic mass is 10.1. The molecule has 0 atom stereocenters. The Labute approximate surface area is 126 Å². The molecule has 0 bridgehead atoms. The molecule has 0 unspecified atom stereocenters. The van der Waals surface area contributed by atoms with Crippen molar-refractivity contribution in [3.05, 3.63) is 59.2 Å². The normalized spacial score (nSPS) is 10.2. The lowest BCUT2D eigenvalue weighted by Gasteiger charge is -2.11. The van der Waals surface area contributed by atoms with Gasteiger partial charge in [0.15, 0.2) is 6.61 Å². The van der Waals surface area contributed by atoms with E-state index in [1.54, 1.807) is 0 Å². The SMILES string of the molecule is CCc1ccccc1OCC(=O)Nc1cc(C)cc(C)c1. The smallest absolute Gasteiger partial charge is 0.262 e. The average molecular weight is 283 g/mol. The quantitative estimate of drug-likeness (QED) is 0.904. The summed E-state index contributed by atoms with van der Waals surface area (Å²) in [5.41, 5.74) is 4.17. The van der Waals surface area contributed by atoms with E-state index in [0.717, 1.165) is 34.5 Å². The zero-order valence-electron chi connectivity index (χ0n) is 12.8. The fourth-order valence-corrected chi connectivity index (χ4v) is 2.32. The summed E-state index contributed by atoms with van der Waals surface area (Å²) in [4.78, 5) is 12.0. The summed E-state index contributed by atoms with van der Waals surface area (Å²) in [7, 11) is 0. The van der Waals surface area contributed by atoms with Crippen LogP contribution in [0.25, 0.3) is 0 Å². The molecular formula is C18H21NO2. The molecule has 2 aromatic rings. The van der Waals surface area contributed by atoms with Crippen molar-refractivity contribution in [3.8, 4) is 5.75 Å². The number of hydrogen-bond acceptors (Lipinski definition) is 2. The van der Waals surface area contributed by atoms with E-state index < -0.39 is 0 Å². The maximum atomic E-state index is 12.0. The van der Waals surface area contributed by atoms with Crippen LogP contribution in [0.2, 0.25) is 0 Å². The number of benzene rings is 2. The highest BCUT2D eigenvalue weighted by atomic mass is 16.5. The van der Waals surface area contributed by atoms with E-state index in [0.29, 0.717) is 0 Å². The number of carbonyl (C=O) groups excluding carboxylic acids is 1. The molecule has 0 heterocycles. The number of aryl methyl sites for hydroxylation is 3. The zero-order valence-corrected chi connectivity index (χ0v) is 12.8. The van der Waals surface area contributed by atoms with Gasteiger partial charge in [-0.15, -0.1) is 0 Å². The molecule has 1 N–H and O–H groups in total. The highest BCUT2D eigenvalue weighted by molar-refractivity contribution is 5.92. The summed E-state index contributed by atoms with van der Waals surface area (Å²) in [6.45, 7) is 6.11. The number of amides is 1. The van der Waals surface area contributed by atoms with Gasteiger partial charge < -0.3 is 10.1 Å². The van der Waals surface area contributed by atoms with Crippen molar-refractivity contribution < 1.29 is 9.53 Å². The molecule has 0 saturated carbocycles. The molecule has 0 aliphatic heterocycles. The fourth-order valence-electron chi connectivity index (χ4n) is 2.32. The number of rotatable bonds is 5. The van der Waals surface area contributed by atoms with E-state index in [1.165, 1.54) is 0 Å². The van der Waals surface area contributed by atoms with Gasteiger partial charge in [-0.2, -0.15) is 0 Å². The van der Waals surface area contributed by atoms with E-state index >= 15 is 0 Å². The second-order valence-corrected chi connectivity index (χ2v) is 5.17. The molecule has 0 saturated heterocycles. The second kappa shape index (κ2) is 6.93. The first kappa shape index (κ1) is 15.1. The summed E-state index contributed by atoms with van der Waals surface area (Å²) in [6.07, 6.45) is 0.884. The Bertz CT molecular complexity index is 615. The van der Waals surface area contributed by atoms with Gasteiger partial charge in [-0.1, -0.05) is 31.2 Å². The van der Waals surface area contributed by atoms with Crippen LogP contribution in [0.5, 0.6) is 5.75 Å². The van der Waals surface area contributed by atoms with E-state index in [9.17, 15) is 4.79 Å². The Morgan fingerprint density at radius 1 is 1.10 bits per heavy atom. The lowest BCUT2D eigenvalue weighted by molar-refractivity contribution is -0.118. The Balaban J connectivity index is 1.96. The first-order chi connectivity index (χ1) is 10.1. The predicted octanol–water partition coefficient (Wildman–Crippen LogP) is 3.88. The van der Waals surface area contributed by atoms with Crippen molar-refractivity contribution in [1.29, 1.82) is 0 Å². The monoisotopic (exact) mass is 283 g/mol. The predicted molar refractivity (Wildman–Crippen MR) is 85.9 cm³/mol. The summed E-state index contributed by atoms with van der Waals surface area (Å²) in [6, 6.07) is 13.8. The van der Waals surface area contributed by atoms with Gasteiger partial charge in [0.1, 0.15) is 5.75 Å². The maximum absolute atomic E-state index is 12.0. The minimum Gasteiger partial charge on any atom is -0.483 e. The Morgan fingerprint density at radius 3 is 2.43 bits per heavy atom. The van der Waals surface area contributed by atoms with Crippen molar-refractivity contribution in [2.75, 3.05) is 11.9 Å². The third kappa shape index (κ3) is 4.35. The minimum atomic E-state index is -0.147. The molecular weight excluding hydrogens is 262 g/mol. The largest absolute Gasteiger partial charge is 0.483 e. The van der Waals surface area contributed by atoms with Gasteiger partial charge in [0, 0.05) is 5.69 Å². The molecule has 0 aliphatic rings. The molecule has 110 valence electrons. The van der Waals surface area contributed by atoms with E-state index in [-0.39, 0.29) is 12.5 Å². The van der Waals surface area contributed by atoms with Gasteiger partial charge in [0.25, 0.3) is 5.91 Å². The maximum Gasteiger partial charge on any atom is 0.262 e. The summed E-state index contributed by atoms with van der Waals surface area (Å²) >= 11 is 0. The van der Waals surface area contributed by atoms with Crippen LogP contribution in [0.1, 0.15) is 23.6 Å². The van der Waals surface area contributed by atoms with Gasteiger partial charge >= 0.3 is 0 Å². The molecule has 3 nitrogen and oxygen atoms in total. The number of carbonyl (C=O) groups is 1. The van der Waals surface area contributed by atoms with Crippen LogP contribution in [0, 0.1) is 13.8 Å². The Kier molecular flexibility index (Phi) is 4.99. The molecule has 0 radical (unpaired) electrons. The highest BCUT2D eigenvalue weighted by Crippen LogP contribution is 2.18. The fraction of sp³-hybridized carbons (Fsp3) is 0.278. The van der Waals surface area contributed by atoms with Crippen molar-refractivity contribution in [1.82, 2.24) is 0 Å². The number of nitrogens with one attached hydrogen (secondary N) is 1. The van der Waals surface area contributed by atoms with Crippen LogP contribution in [0.15, 0.2) is 42.5 Å². The number of ether oxygens (including phenoxy) is 1. The van der Waals surface area contributed by atoms with Crippen LogP contribution in [-0.2, 0) is 11.2 Å². The first-order valence-corrected chi connectivity index (χ1v) is 7.17. The van der Waals surface area contributed by atoms with Crippen molar-refractivity contribution in [2.24, 2.45) is 0 Å². The topological polar surface area (TPSA) is 38.3 Å². The van der Waals surface area contributed by atoms with Gasteiger partial charge in [-0.05, 0) is 55.2 Å². The van der Waals surface area contributed by atoms with Crippen LogP contribution in [0.4, 0.5) is 5.69 Å². The molecule has 0 fully saturated rings. The van der Waals surface area contributed by atoms with Gasteiger partial charge in [0.2, 0.25) is 0 Å². The molecule has 3 heteroatoms. The number of anilines is 1. The first-order valence-electron chi connectivity index (χ1n) is 7.17. The van der Waals surface area contributed by atoms with E-state index in [2.05, 4.69) is 18.3 Å². The van der Waals surface area contributed by atoms with Crippen LogP contribution in [0.3, 0.4) is 0 Å². The molecule has 21 heavy (non-hydrogen) atoms. The molecule has 0 spiro atoms. The third-order valence-corrected chi connectivity index (χ3v) is 3.22. The average Bonchev–Trinajstić information content (AvgIpc) is 2.44. The van der Waals surface area contributed by atoms with Crippen LogP contribution >= 0.6 is 0 Å². The van der Waals surface area contributed by atoms with Crippen molar-refractivity contribution in [2.45, 2.75) is 27.2 Å². The molecule has 1 amide bonds. The number of para-hydroxylation sites is 1. The minimum absolute atomic E-state index is 0.0179. The van der Waals surface area contributed by atoms with Crippen LogP contribution in [-0.4, -0.2) is 12.5 Å². The standard InChI is InChI=1S/C18H21NO2/c1-4-15-7-5-6-8-17(15)21-12-18(20)19-16-10-13(2)9-14(3)11-16/h5-11H,4,12H2,1-3H3,(H,19,20). The van der Waals surface area contributed by atoms with Crippen LogP contribution < -0.4 is 10.1 Å². The van der Waals surface area contributed by atoms with Gasteiger partial charge in [-0.3, -0.25) is 4.79 Å². The summed E-state index contributed by atoms with van der Waals surface area (Å²) in [5, 5.41) is 2.87. The third-order valence-electron chi connectivity index (χ3n) is 3.22. The Hall–Kier alpha value is -2.29. The Morgan fingerprint density at radius 2 is 1.76 bits per heavy atom. The van der Waals surface area contributed by atoms with Gasteiger partial charge in [-0.25, -0.2) is 0 Å². The molecule has 0 aliphatic carbocycles. The summed E-state index contributed by atoms with van der Waals surface area (Å²) < 4.78 is 5.61. The molecule has 0 aromatic heterocycles. The lowest BCUT2D eigenvalue weighted by Crippen LogP contribution is -2.20. The van der Waals surface area contributed by atoms with Crippen molar-refractivity contribution >= 4 is 11.6 Å². The summed E-state index contributed by atoms with van der Waals surface area (Å²) in [5.74, 6) is 0.626. The number of hydrogen-bond donors (Lipinski definition) is 1. The van der Waals surface area contributed by atoms with E-state index in [4.69, 9.17) is 4.74 Å². The highest BCUT2D eigenvalue weighted by Gasteiger charge is 2.06.